The van der Waals surface area contributed by atoms with E-state index >= 15 is 0 Å². The second-order valence-electron chi connectivity index (χ2n) is 3.63. The lowest BCUT2D eigenvalue weighted by atomic mass is 10.0. The van der Waals surface area contributed by atoms with Crippen molar-refractivity contribution in [2.45, 2.75) is 19.3 Å². The SMILES string of the molecule is CNCCCNC(=O)C1CCSCC1.Cl. The smallest absolute Gasteiger partial charge is 0.223 e. The van der Waals surface area contributed by atoms with Crippen LogP contribution in [0.2, 0.25) is 0 Å². The fourth-order valence-corrected chi connectivity index (χ4v) is 2.69. The van der Waals surface area contributed by atoms with E-state index in [2.05, 4.69) is 10.6 Å². The van der Waals surface area contributed by atoms with E-state index in [0.29, 0.717) is 0 Å². The molecule has 0 aromatic carbocycles. The number of nitrogens with one attached hydrogen (secondary N) is 2. The van der Waals surface area contributed by atoms with Crippen LogP contribution in [0.15, 0.2) is 0 Å². The number of amides is 1. The van der Waals surface area contributed by atoms with Gasteiger partial charge in [0.25, 0.3) is 0 Å². The number of hydrogen-bond acceptors (Lipinski definition) is 3. The molecule has 90 valence electrons. The Morgan fingerprint density at radius 1 is 1.33 bits per heavy atom. The van der Waals surface area contributed by atoms with Crippen LogP contribution in [0, 0.1) is 5.92 Å². The maximum atomic E-state index is 11.6. The Kier molecular flexibility index (Phi) is 9.35. The summed E-state index contributed by atoms with van der Waals surface area (Å²) in [5.41, 5.74) is 0. The molecule has 0 bridgehead atoms. The lowest BCUT2D eigenvalue weighted by molar-refractivity contribution is -0.125. The first-order chi connectivity index (χ1) is 6.84. The van der Waals surface area contributed by atoms with Crippen molar-refractivity contribution in [2.75, 3.05) is 31.6 Å². The van der Waals surface area contributed by atoms with Gasteiger partial charge in [-0.1, -0.05) is 0 Å². The molecule has 1 amide bonds. The summed E-state index contributed by atoms with van der Waals surface area (Å²) in [4.78, 5) is 11.6. The molecule has 0 aromatic rings. The third-order valence-corrected chi connectivity index (χ3v) is 3.54. The van der Waals surface area contributed by atoms with Gasteiger partial charge in [0.05, 0.1) is 0 Å². The standard InChI is InChI=1S/C10H20N2OS.ClH/c1-11-5-2-6-12-10(13)9-3-7-14-8-4-9;/h9,11H,2-8H2,1H3,(H,12,13);1H. The molecule has 5 heteroatoms. The van der Waals surface area contributed by atoms with Crippen LogP contribution in [0.4, 0.5) is 0 Å². The fraction of sp³-hybridized carbons (Fsp3) is 0.900. The molecule has 2 N–H and O–H groups in total. The Bertz CT molecular complexity index is 175. The average Bonchev–Trinajstić information content (AvgIpc) is 2.25. The van der Waals surface area contributed by atoms with Gasteiger partial charge in [0, 0.05) is 12.5 Å². The van der Waals surface area contributed by atoms with Gasteiger partial charge in [0.2, 0.25) is 5.91 Å². The van der Waals surface area contributed by atoms with E-state index < -0.39 is 0 Å². The summed E-state index contributed by atoms with van der Waals surface area (Å²) in [6, 6.07) is 0. The quantitative estimate of drug-likeness (QED) is 0.725. The molecule has 3 nitrogen and oxygen atoms in total. The molecule has 0 unspecified atom stereocenters. The lowest BCUT2D eigenvalue weighted by Gasteiger charge is -2.20. The van der Waals surface area contributed by atoms with E-state index in [0.717, 1.165) is 43.9 Å². The van der Waals surface area contributed by atoms with Gasteiger partial charge in [-0.3, -0.25) is 4.79 Å². The van der Waals surface area contributed by atoms with Gasteiger partial charge in [-0.25, -0.2) is 0 Å². The summed E-state index contributed by atoms with van der Waals surface area (Å²) in [5, 5.41) is 6.07. The number of halogens is 1. The monoisotopic (exact) mass is 252 g/mol. The molecule has 15 heavy (non-hydrogen) atoms. The zero-order valence-corrected chi connectivity index (χ0v) is 10.9. The number of rotatable bonds is 5. The molecule has 0 saturated carbocycles. The Labute approximate surface area is 103 Å². The van der Waals surface area contributed by atoms with Crippen molar-refractivity contribution < 1.29 is 4.79 Å². The van der Waals surface area contributed by atoms with Crippen LogP contribution >= 0.6 is 24.2 Å². The first-order valence-corrected chi connectivity index (χ1v) is 6.50. The van der Waals surface area contributed by atoms with E-state index in [1.165, 1.54) is 0 Å². The molecule has 1 aliphatic heterocycles. The van der Waals surface area contributed by atoms with Crippen molar-refractivity contribution in [3.05, 3.63) is 0 Å². The molecule has 1 saturated heterocycles. The number of carbonyl (C=O) groups excluding carboxylic acids is 1. The summed E-state index contributed by atoms with van der Waals surface area (Å²) in [5.74, 6) is 2.84. The maximum absolute atomic E-state index is 11.6. The highest BCUT2D eigenvalue weighted by molar-refractivity contribution is 7.99. The highest BCUT2D eigenvalue weighted by Gasteiger charge is 2.20. The van der Waals surface area contributed by atoms with Crippen molar-refractivity contribution in [1.29, 1.82) is 0 Å². The number of hydrogen-bond donors (Lipinski definition) is 2. The van der Waals surface area contributed by atoms with Crippen molar-refractivity contribution >= 4 is 30.1 Å². The average molecular weight is 253 g/mol. The highest BCUT2D eigenvalue weighted by Crippen LogP contribution is 2.22. The molecule has 1 rings (SSSR count). The van der Waals surface area contributed by atoms with Gasteiger partial charge in [-0.05, 0) is 44.4 Å². The Morgan fingerprint density at radius 2 is 2.00 bits per heavy atom. The van der Waals surface area contributed by atoms with Crippen molar-refractivity contribution in [2.24, 2.45) is 5.92 Å². The van der Waals surface area contributed by atoms with Crippen molar-refractivity contribution in [3.63, 3.8) is 0 Å². The predicted molar refractivity (Wildman–Crippen MR) is 68.9 cm³/mol. The molecule has 0 radical (unpaired) electrons. The number of carbonyl (C=O) groups is 1. The van der Waals surface area contributed by atoms with E-state index in [1.54, 1.807) is 0 Å². The zero-order chi connectivity index (χ0) is 10.2. The molecular weight excluding hydrogens is 232 g/mol. The minimum Gasteiger partial charge on any atom is -0.356 e. The van der Waals surface area contributed by atoms with Crippen LogP contribution in [0.1, 0.15) is 19.3 Å². The van der Waals surface area contributed by atoms with Gasteiger partial charge < -0.3 is 10.6 Å². The first-order valence-electron chi connectivity index (χ1n) is 5.34. The summed E-state index contributed by atoms with van der Waals surface area (Å²) in [7, 11) is 1.93. The van der Waals surface area contributed by atoms with E-state index in [-0.39, 0.29) is 24.2 Å². The molecule has 0 aromatic heterocycles. The second-order valence-corrected chi connectivity index (χ2v) is 4.86. The molecule has 1 fully saturated rings. The van der Waals surface area contributed by atoms with Gasteiger partial charge in [-0.2, -0.15) is 11.8 Å². The second kappa shape index (κ2) is 9.31. The topological polar surface area (TPSA) is 41.1 Å². The van der Waals surface area contributed by atoms with E-state index in [1.807, 2.05) is 18.8 Å². The highest BCUT2D eigenvalue weighted by atomic mass is 35.5. The Balaban J connectivity index is 0.00000196. The Morgan fingerprint density at radius 3 is 2.60 bits per heavy atom. The fourth-order valence-electron chi connectivity index (χ4n) is 1.58. The lowest BCUT2D eigenvalue weighted by Crippen LogP contribution is -2.34. The molecule has 1 heterocycles. The van der Waals surface area contributed by atoms with Crippen molar-refractivity contribution in [1.82, 2.24) is 10.6 Å². The third kappa shape index (κ3) is 6.28. The summed E-state index contributed by atoms with van der Waals surface area (Å²) in [6.45, 7) is 1.78. The van der Waals surface area contributed by atoms with E-state index in [9.17, 15) is 4.79 Å². The number of thioether (sulfide) groups is 1. The first kappa shape index (κ1) is 15.1. The minimum absolute atomic E-state index is 0. The van der Waals surface area contributed by atoms with E-state index in [4.69, 9.17) is 0 Å². The van der Waals surface area contributed by atoms with Crippen LogP contribution in [0.5, 0.6) is 0 Å². The van der Waals surface area contributed by atoms with Crippen LogP contribution in [0.3, 0.4) is 0 Å². The van der Waals surface area contributed by atoms with Gasteiger partial charge in [0.1, 0.15) is 0 Å². The van der Waals surface area contributed by atoms with Crippen LogP contribution in [-0.4, -0.2) is 37.6 Å². The normalized spacial score (nSPS) is 16.9. The Hall–Kier alpha value is 0.0700. The van der Waals surface area contributed by atoms with Crippen LogP contribution < -0.4 is 10.6 Å². The summed E-state index contributed by atoms with van der Waals surface area (Å²) < 4.78 is 0. The van der Waals surface area contributed by atoms with Gasteiger partial charge >= 0.3 is 0 Å². The maximum Gasteiger partial charge on any atom is 0.223 e. The van der Waals surface area contributed by atoms with Crippen LogP contribution in [0.25, 0.3) is 0 Å². The van der Waals surface area contributed by atoms with Gasteiger partial charge in [0.15, 0.2) is 0 Å². The predicted octanol–water partition coefficient (Wildman–Crippen LogP) is 1.28. The summed E-state index contributed by atoms with van der Waals surface area (Å²) in [6.07, 6.45) is 3.13. The minimum atomic E-state index is 0. The zero-order valence-electron chi connectivity index (χ0n) is 9.25. The molecule has 0 aliphatic carbocycles. The largest absolute Gasteiger partial charge is 0.356 e. The third-order valence-electron chi connectivity index (χ3n) is 2.49. The van der Waals surface area contributed by atoms with Crippen molar-refractivity contribution in [3.8, 4) is 0 Å². The van der Waals surface area contributed by atoms with Crippen LogP contribution in [-0.2, 0) is 4.79 Å². The van der Waals surface area contributed by atoms with Gasteiger partial charge in [-0.15, -0.1) is 12.4 Å². The molecule has 0 atom stereocenters. The summed E-state index contributed by atoms with van der Waals surface area (Å²) >= 11 is 1.96. The molecular formula is C10H21ClN2OS. The molecule has 1 aliphatic rings. The molecule has 0 spiro atoms.